The standard InChI is InChI=1S/C22H23N3O5S/c1-15(30-25-31-14-18(13-19(26)27)24-22(31)23)12-20(28)29-21(16-8-4-2-5-9-16)17-10-6-3-7-11-17/h2-11,14-15,21H,12-13H2,1H3,(H2,23,24)(H,26,27). The predicted molar refractivity (Wildman–Crippen MR) is 118 cm³/mol. The minimum atomic E-state index is -1.00. The van der Waals surface area contributed by atoms with Crippen LogP contribution in [0.3, 0.4) is 0 Å². The number of amidine groups is 1. The van der Waals surface area contributed by atoms with E-state index in [1.807, 2.05) is 60.7 Å². The Kier molecular flexibility index (Phi) is 7.69. The fourth-order valence-corrected chi connectivity index (χ4v) is 3.94. The molecule has 0 fully saturated rings. The third-order valence-electron chi connectivity index (χ3n) is 4.26. The second-order valence-electron chi connectivity index (χ2n) is 6.83. The van der Waals surface area contributed by atoms with Crippen LogP contribution in [0.25, 0.3) is 0 Å². The van der Waals surface area contributed by atoms with E-state index in [1.54, 1.807) is 12.3 Å². The van der Waals surface area contributed by atoms with Crippen LogP contribution in [0, 0.1) is 0 Å². The molecule has 1 aliphatic heterocycles. The average Bonchev–Trinajstić information content (AvgIpc) is 3.10. The smallest absolute Gasteiger partial charge is 0.309 e. The van der Waals surface area contributed by atoms with Gasteiger partial charge in [-0.2, -0.15) is 0 Å². The highest BCUT2D eigenvalue weighted by Gasteiger charge is 2.21. The van der Waals surface area contributed by atoms with Gasteiger partial charge in [-0.3, -0.25) is 9.59 Å². The van der Waals surface area contributed by atoms with Crippen LogP contribution < -0.4 is 5.73 Å². The van der Waals surface area contributed by atoms with E-state index >= 15 is 0 Å². The molecule has 2 atom stereocenters. The number of aliphatic carboxylic acids is 1. The molecule has 3 N–H and O–H groups in total. The Labute approximate surface area is 182 Å². The van der Waals surface area contributed by atoms with Crippen LogP contribution in [0.2, 0.25) is 0 Å². The number of aliphatic imine (C=N–C) groups is 1. The van der Waals surface area contributed by atoms with Gasteiger partial charge in [0.25, 0.3) is 0 Å². The van der Waals surface area contributed by atoms with Crippen LogP contribution in [0.4, 0.5) is 0 Å². The van der Waals surface area contributed by atoms with E-state index in [2.05, 4.69) is 9.52 Å². The number of carbonyl (C=O) groups is 2. The average molecular weight is 442 g/mol. The number of carbonyl (C=O) groups excluding carboxylic acids is 1. The van der Waals surface area contributed by atoms with Crippen molar-refractivity contribution in [2.24, 2.45) is 15.3 Å². The molecule has 9 heteroatoms. The van der Waals surface area contributed by atoms with E-state index in [0.717, 1.165) is 11.1 Å². The van der Waals surface area contributed by atoms with Crippen molar-refractivity contribution in [1.29, 1.82) is 0 Å². The van der Waals surface area contributed by atoms with Gasteiger partial charge in [0.05, 0.1) is 24.6 Å². The number of hydrogen-bond donors (Lipinski definition) is 2. The van der Waals surface area contributed by atoms with E-state index in [4.69, 9.17) is 20.4 Å². The lowest BCUT2D eigenvalue weighted by Gasteiger charge is -2.19. The van der Waals surface area contributed by atoms with E-state index in [1.165, 1.54) is 0 Å². The Morgan fingerprint density at radius 3 is 2.23 bits per heavy atom. The number of rotatable bonds is 9. The van der Waals surface area contributed by atoms with Crippen molar-refractivity contribution in [3.63, 3.8) is 0 Å². The topological polar surface area (TPSA) is 124 Å². The first-order valence-corrected chi connectivity index (χ1v) is 10.8. The maximum atomic E-state index is 12.6. The molecule has 2 aromatic carbocycles. The molecule has 1 heterocycles. The lowest BCUT2D eigenvalue weighted by atomic mass is 10.0. The molecule has 0 aliphatic carbocycles. The molecular weight excluding hydrogens is 418 g/mol. The predicted octanol–water partition coefficient (Wildman–Crippen LogP) is 3.48. The maximum absolute atomic E-state index is 12.6. The van der Waals surface area contributed by atoms with Gasteiger partial charge < -0.3 is 15.6 Å². The molecule has 0 aromatic heterocycles. The maximum Gasteiger partial charge on any atom is 0.309 e. The molecule has 8 nitrogen and oxygen atoms in total. The van der Waals surface area contributed by atoms with E-state index in [9.17, 15) is 9.59 Å². The number of ether oxygens (including phenoxy) is 1. The second kappa shape index (κ2) is 10.6. The van der Waals surface area contributed by atoms with Gasteiger partial charge in [0, 0.05) is 16.1 Å². The third kappa shape index (κ3) is 6.59. The number of hydrogen-bond acceptors (Lipinski definition) is 7. The first-order valence-electron chi connectivity index (χ1n) is 9.58. The summed E-state index contributed by atoms with van der Waals surface area (Å²) in [5, 5.41) is 10.6. The fourth-order valence-electron chi connectivity index (χ4n) is 2.86. The van der Waals surface area contributed by atoms with E-state index in [0.29, 0.717) is 5.70 Å². The van der Waals surface area contributed by atoms with Crippen molar-refractivity contribution in [3.8, 4) is 0 Å². The van der Waals surface area contributed by atoms with E-state index in [-0.39, 0.29) is 18.0 Å². The molecule has 2 unspecified atom stereocenters. The van der Waals surface area contributed by atoms with Crippen LogP contribution in [0.5, 0.6) is 0 Å². The Bertz CT molecular complexity index is 982. The summed E-state index contributed by atoms with van der Waals surface area (Å²) in [5.74, 6) is -1.43. The third-order valence-corrected chi connectivity index (χ3v) is 5.52. The lowest BCUT2D eigenvalue weighted by Crippen LogP contribution is -2.19. The fraction of sp³-hybridized carbons (Fsp3) is 0.227. The summed E-state index contributed by atoms with van der Waals surface area (Å²) in [6.45, 7) is 1.69. The lowest BCUT2D eigenvalue weighted by molar-refractivity contribution is -0.150. The van der Waals surface area contributed by atoms with Crippen molar-refractivity contribution >= 4 is 27.8 Å². The molecule has 0 saturated heterocycles. The van der Waals surface area contributed by atoms with Crippen LogP contribution in [-0.2, 0) is 29.9 Å². The van der Waals surface area contributed by atoms with Crippen molar-refractivity contribution in [3.05, 3.63) is 82.9 Å². The molecule has 0 saturated carbocycles. The van der Waals surface area contributed by atoms with Gasteiger partial charge in [0.15, 0.2) is 11.3 Å². The van der Waals surface area contributed by atoms with Gasteiger partial charge >= 0.3 is 11.9 Å². The zero-order chi connectivity index (χ0) is 22.2. The number of nitrogens with two attached hydrogens (primary N) is 1. The summed E-state index contributed by atoms with van der Waals surface area (Å²) < 4.78 is 9.77. The van der Waals surface area contributed by atoms with Crippen molar-refractivity contribution < 1.29 is 24.3 Å². The summed E-state index contributed by atoms with van der Waals surface area (Å²) in [7, 11) is -0.971. The molecular formula is C22H23N3O5S. The van der Waals surface area contributed by atoms with Gasteiger partial charge in [-0.15, -0.1) is 0 Å². The summed E-state index contributed by atoms with van der Waals surface area (Å²) >= 11 is 0. The number of carboxylic acid groups (broad SMARTS) is 1. The number of nitrogens with zero attached hydrogens (tertiary/aromatic N) is 2. The SMILES string of the molecule is CC(CC(=O)OC(c1ccccc1)c1ccccc1)O/N=S1/C=C(CC(=O)O)N=C1N. The van der Waals surface area contributed by atoms with Crippen molar-refractivity contribution in [1.82, 2.24) is 0 Å². The van der Waals surface area contributed by atoms with Gasteiger partial charge in [-0.1, -0.05) is 65.2 Å². The van der Waals surface area contributed by atoms with E-state index < -0.39 is 34.8 Å². The van der Waals surface area contributed by atoms with Gasteiger partial charge in [0.1, 0.15) is 0 Å². The van der Waals surface area contributed by atoms with Crippen LogP contribution in [-0.4, -0.2) is 28.3 Å². The van der Waals surface area contributed by atoms with Gasteiger partial charge in [0.2, 0.25) is 0 Å². The summed E-state index contributed by atoms with van der Waals surface area (Å²) in [6, 6.07) is 19.0. The Balaban J connectivity index is 1.62. The Morgan fingerprint density at radius 1 is 1.10 bits per heavy atom. The Hall–Kier alpha value is -3.30. The monoisotopic (exact) mass is 441 g/mol. The second-order valence-corrected chi connectivity index (χ2v) is 8.26. The van der Waals surface area contributed by atoms with Crippen LogP contribution in [0.15, 0.2) is 81.3 Å². The number of esters is 1. The van der Waals surface area contributed by atoms with Crippen LogP contribution >= 0.6 is 0 Å². The Morgan fingerprint density at radius 2 is 1.68 bits per heavy atom. The molecule has 0 amide bonds. The molecule has 31 heavy (non-hydrogen) atoms. The van der Waals surface area contributed by atoms with Gasteiger partial charge in [-0.25, -0.2) is 9.83 Å². The molecule has 0 bridgehead atoms. The first-order chi connectivity index (χ1) is 14.9. The quantitative estimate of drug-likeness (QED) is 0.454. The molecule has 162 valence electrons. The molecule has 0 spiro atoms. The zero-order valence-corrected chi connectivity index (χ0v) is 17.7. The highest BCUT2D eigenvalue weighted by Crippen LogP contribution is 2.26. The summed E-state index contributed by atoms with van der Waals surface area (Å²) in [6.07, 6.45) is -1.33. The van der Waals surface area contributed by atoms with Crippen LogP contribution in [0.1, 0.15) is 37.0 Å². The summed E-state index contributed by atoms with van der Waals surface area (Å²) in [5.41, 5.74) is 7.85. The van der Waals surface area contributed by atoms with Gasteiger partial charge in [-0.05, 0) is 18.1 Å². The highest BCUT2D eigenvalue weighted by molar-refractivity contribution is 8.05. The molecule has 3 rings (SSSR count). The minimum absolute atomic E-state index is 0.0143. The molecule has 0 radical (unpaired) electrons. The molecule has 1 aliphatic rings. The van der Waals surface area contributed by atoms with Crippen molar-refractivity contribution in [2.45, 2.75) is 32.0 Å². The molecule has 2 aromatic rings. The summed E-state index contributed by atoms with van der Waals surface area (Å²) in [4.78, 5) is 32.7. The largest absolute Gasteiger partial charge is 0.481 e. The zero-order valence-electron chi connectivity index (χ0n) is 16.9. The van der Waals surface area contributed by atoms with Crippen molar-refractivity contribution in [2.75, 3.05) is 0 Å². The number of benzene rings is 2. The minimum Gasteiger partial charge on any atom is -0.481 e. The first kappa shape index (κ1) is 22.4. The highest BCUT2D eigenvalue weighted by atomic mass is 32.2. The normalized spacial score (nSPS) is 16.6. The number of carboxylic acids is 1.